The molecule has 0 spiro atoms. The summed E-state index contributed by atoms with van der Waals surface area (Å²) in [5, 5.41) is 3.31. The molecule has 2 fully saturated rings. The highest BCUT2D eigenvalue weighted by Crippen LogP contribution is 2.26. The lowest BCUT2D eigenvalue weighted by Gasteiger charge is -2.17. The Morgan fingerprint density at radius 3 is 2.43 bits per heavy atom. The Bertz CT molecular complexity index is 666. The van der Waals surface area contributed by atoms with Gasteiger partial charge in [0.2, 0.25) is 15.9 Å². The molecule has 1 aromatic rings. The molecule has 2 N–H and O–H groups in total. The summed E-state index contributed by atoms with van der Waals surface area (Å²) in [6, 6.07) is 4.59. The number of hydrogen-bond acceptors (Lipinski definition) is 4. The van der Waals surface area contributed by atoms with Crippen molar-refractivity contribution in [1.82, 2.24) is 14.9 Å². The van der Waals surface area contributed by atoms with E-state index in [-0.39, 0.29) is 23.8 Å². The number of sulfonamides is 1. The smallest absolute Gasteiger partial charge is 0.240 e. The summed E-state index contributed by atoms with van der Waals surface area (Å²) < 4.78 is 39.3. The van der Waals surface area contributed by atoms with E-state index in [2.05, 4.69) is 10.0 Å². The van der Waals surface area contributed by atoms with Crippen LogP contribution < -0.4 is 10.0 Å². The normalized spacial score (nSPS) is 24.0. The molecule has 0 radical (unpaired) electrons. The molecule has 1 aromatic carbocycles. The van der Waals surface area contributed by atoms with Crippen molar-refractivity contribution >= 4 is 15.9 Å². The van der Waals surface area contributed by atoms with Gasteiger partial charge < -0.3 is 10.2 Å². The molecule has 0 aliphatic carbocycles. The van der Waals surface area contributed by atoms with Gasteiger partial charge >= 0.3 is 0 Å². The molecule has 2 atom stereocenters. The Hall–Kier alpha value is -1.51. The fourth-order valence-electron chi connectivity index (χ4n) is 3.21. The van der Waals surface area contributed by atoms with Crippen molar-refractivity contribution in [1.29, 1.82) is 0 Å². The summed E-state index contributed by atoms with van der Waals surface area (Å²) in [6.07, 6.45) is 0.132. The van der Waals surface area contributed by atoms with Gasteiger partial charge in [-0.05, 0) is 36.1 Å². The van der Waals surface area contributed by atoms with Crippen LogP contribution in [0.3, 0.4) is 0 Å². The third kappa shape index (κ3) is 3.70. The zero-order valence-electron chi connectivity index (χ0n) is 12.7. The third-order valence-corrected chi connectivity index (χ3v) is 5.97. The second kappa shape index (κ2) is 6.54. The maximum atomic E-state index is 12.8. The summed E-state index contributed by atoms with van der Waals surface area (Å²) in [5.41, 5.74) is 0. The summed E-state index contributed by atoms with van der Waals surface area (Å²) in [6.45, 7) is 3.45. The van der Waals surface area contributed by atoms with Crippen LogP contribution in [0.2, 0.25) is 0 Å². The van der Waals surface area contributed by atoms with E-state index in [0.29, 0.717) is 11.8 Å². The summed E-state index contributed by atoms with van der Waals surface area (Å²) in [7, 11) is -3.71. The van der Waals surface area contributed by atoms with Gasteiger partial charge in [0.15, 0.2) is 0 Å². The van der Waals surface area contributed by atoms with Gasteiger partial charge in [0.05, 0.1) is 4.90 Å². The summed E-state index contributed by atoms with van der Waals surface area (Å²) in [5.74, 6) is 0.527. The van der Waals surface area contributed by atoms with E-state index >= 15 is 0 Å². The van der Waals surface area contributed by atoms with Gasteiger partial charge in [-0.1, -0.05) is 0 Å². The van der Waals surface area contributed by atoms with Crippen molar-refractivity contribution in [2.75, 3.05) is 32.7 Å². The van der Waals surface area contributed by atoms with E-state index in [1.807, 2.05) is 4.90 Å². The molecular formula is C15H20FN3O3S. The predicted molar refractivity (Wildman–Crippen MR) is 82.6 cm³/mol. The lowest BCUT2D eigenvalue weighted by Crippen LogP contribution is -2.35. The van der Waals surface area contributed by atoms with Gasteiger partial charge in [-0.15, -0.1) is 0 Å². The second-order valence-electron chi connectivity index (χ2n) is 6.08. The second-order valence-corrected chi connectivity index (χ2v) is 7.85. The first kappa shape index (κ1) is 16.4. The average molecular weight is 341 g/mol. The maximum Gasteiger partial charge on any atom is 0.240 e. The SMILES string of the molecule is O=C(CCNS(=O)(=O)c1ccc(F)cc1)N1C[C@H]2CNC[C@H]2C1. The van der Waals surface area contributed by atoms with Gasteiger partial charge in [-0.3, -0.25) is 4.79 Å². The quantitative estimate of drug-likeness (QED) is 0.800. The minimum atomic E-state index is -3.71. The fraction of sp³-hybridized carbons (Fsp3) is 0.533. The first-order valence-corrected chi connectivity index (χ1v) is 9.18. The number of hydrogen-bond donors (Lipinski definition) is 2. The van der Waals surface area contributed by atoms with Crippen molar-refractivity contribution in [2.24, 2.45) is 11.8 Å². The number of likely N-dealkylation sites (tertiary alicyclic amines) is 1. The largest absolute Gasteiger partial charge is 0.342 e. The van der Waals surface area contributed by atoms with Crippen LogP contribution in [-0.2, 0) is 14.8 Å². The minimum Gasteiger partial charge on any atom is -0.342 e. The van der Waals surface area contributed by atoms with Gasteiger partial charge in [0.25, 0.3) is 0 Å². The Morgan fingerprint density at radius 1 is 1.22 bits per heavy atom. The zero-order chi connectivity index (χ0) is 16.4. The zero-order valence-corrected chi connectivity index (χ0v) is 13.5. The summed E-state index contributed by atoms with van der Waals surface area (Å²) >= 11 is 0. The molecule has 2 saturated heterocycles. The molecule has 2 aliphatic rings. The topological polar surface area (TPSA) is 78.5 Å². The molecule has 0 aromatic heterocycles. The number of amides is 1. The van der Waals surface area contributed by atoms with E-state index in [1.54, 1.807) is 0 Å². The molecule has 8 heteroatoms. The Morgan fingerprint density at radius 2 is 1.83 bits per heavy atom. The first-order valence-electron chi connectivity index (χ1n) is 7.69. The van der Waals surface area contributed by atoms with Crippen LogP contribution in [0.1, 0.15) is 6.42 Å². The van der Waals surface area contributed by atoms with Crippen LogP contribution in [0.15, 0.2) is 29.2 Å². The van der Waals surface area contributed by atoms with Crippen molar-refractivity contribution in [3.8, 4) is 0 Å². The molecule has 0 saturated carbocycles. The van der Waals surface area contributed by atoms with Gasteiger partial charge in [0, 0.05) is 39.1 Å². The van der Waals surface area contributed by atoms with E-state index < -0.39 is 15.8 Å². The van der Waals surface area contributed by atoms with Crippen LogP contribution in [0, 0.1) is 17.7 Å². The molecule has 2 heterocycles. The molecule has 0 bridgehead atoms. The highest BCUT2D eigenvalue weighted by atomic mass is 32.2. The lowest BCUT2D eigenvalue weighted by molar-refractivity contribution is -0.130. The van der Waals surface area contributed by atoms with Crippen molar-refractivity contribution in [3.63, 3.8) is 0 Å². The molecule has 1 amide bonds. The van der Waals surface area contributed by atoms with E-state index in [9.17, 15) is 17.6 Å². The summed E-state index contributed by atoms with van der Waals surface area (Å²) in [4.78, 5) is 14.0. The molecule has 0 unspecified atom stereocenters. The third-order valence-electron chi connectivity index (χ3n) is 4.50. The number of halogens is 1. The Balaban J connectivity index is 1.49. The highest BCUT2D eigenvalue weighted by Gasteiger charge is 2.37. The number of nitrogens with zero attached hydrogens (tertiary/aromatic N) is 1. The number of carbonyl (C=O) groups excluding carboxylic acids is 1. The number of carbonyl (C=O) groups is 1. The monoisotopic (exact) mass is 341 g/mol. The molecule has 23 heavy (non-hydrogen) atoms. The van der Waals surface area contributed by atoms with Crippen LogP contribution >= 0.6 is 0 Å². The molecule has 6 nitrogen and oxygen atoms in total. The molecule has 2 aliphatic heterocycles. The van der Waals surface area contributed by atoms with Crippen LogP contribution in [0.5, 0.6) is 0 Å². The van der Waals surface area contributed by atoms with Gasteiger partial charge in [-0.2, -0.15) is 0 Å². The maximum absolute atomic E-state index is 12.8. The Labute approximate surface area is 135 Å². The van der Waals surface area contributed by atoms with E-state index in [4.69, 9.17) is 0 Å². The van der Waals surface area contributed by atoms with E-state index in [0.717, 1.165) is 38.3 Å². The average Bonchev–Trinajstić information content (AvgIpc) is 3.08. The van der Waals surface area contributed by atoms with Crippen LogP contribution in [-0.4, -0.2) is 51.9 Å². The number of fused-ring (bicyclic) bond motifs is 1. The predicted octanol–water partition coefficient (Wildman–Crippen LogP) is 0.172. The van der Waals surface area contributed by atoms with Crippen molar-refractivity contribution in [2.45, 2.75) is 11.3 Å². The van der Waals surface area contributed by atoms with Gasteiger partial charge in [0.1, 0.15) is 5.82 Å². The highest BCUT2D eigenvalue weighted by molar-refractivity contribution is 7.89. The van der Waals surface area contributed by atoms with Crippen molar-refractivity contribution in [3.05, 3.63) is 30.1 Å². The number of nitrogens with one attached hydrogen (secondary N) is 2. The van der Waals surface area contributed by atoms with Crippen molar-refractivity contribution < 1.29 is 17.6 Å². The van der Waals surface area contributed by atoms with E-state index in [1.165, 1.54) is 12.1 Å². The van der Waals surface area contributed by atoms with Gasteiger partial charge in [-0.25, -0.2) is 17.5 Å². The number of benzene rings is 1. The standard InChI is InChI=1S/C15H20FN3O3S/c16-13-1-3-14(4-2-13)23(21,22)18-6-5-15(20)19-9-11-7-17-8-12(11)10-19/h1-4,11-12,17-18H,5-10H2/t11-,12+. The molecular weight excluding hydrogens is 321 g/mol. The minimum absolute atomic E-state index is 0.00636. The molecule has 126 valence electrons. The van der Waals surface area contributed by atoms with Crippen LogP contribution in [0.25, 0.3) is 0 Å². The fourth-order valence-corrected chi connectivity index (χ4v) is 4.24. The Kier molecular flexibility index (Phi) is 4.65. The van der Waals surface area contributed by atoms with Crippen LogP contribution in [0.4, 0.5) is 4.39 Å². The first-order chi connectivity index (χ1) is 11.0. The number of rotatable bonds is 5. The molecule has 3 rings (SSSR count). The lowest BCUT2D eigenvalue weighted by atomic mass is 10.0.